The van der Waals surface area contributed by atoms with Gasteiger partial charge in [0.05, 0.1) is 11.1 Å². The number of halogens is 2. The summed E-state index contributed by atoms with van der Waals surface area (Å²) in [6.45, 7) is 5.63. The van der Waals surface area contributed by atoms with Gasteiger partial charge in [0.15, 0.2) is 24.8 Å². The van der Waals surface area contributed by atoms with Crippen LogP contribution < -0.4 is 9.13 Å². The van der Waals surface area contributed by atoms with E-state index >= 15 is 8.78 Å². The van der Waals surface area contributed by atoms with E-state index in [1.165, 1.54) is 12.2 Å². The molecular weight excluding hydrogens is 406 g/mol. The van der Waals surface area contributed by atoms with Gasteiger partial charge in [0.2, 0.25) is 0 Å². The van der Waals surface area contributed by atoms with E-state index in [2.05, 4.69) is 0 Å². The predicted octanol–water partition coefficient (Wildman–Crippen LogP) is 4.66. The van der Waals surface area contributed by atoms with Gasteiger partial charge in [-0.25, -0.2) is 17.9 Å². The van der Waals surface area contributed by atoms with Gasteiger partial charge in [-0.15, -0.1) is 0 Å². The summed E-state index contributed by atoms with van der Waals surface area (Å²) in [5.41, 5.74) is 0.162. The summed E-state index contributed by atoms with van der Waals surface area (Å²) >= 11 is 0. The molecule has 2 heterocycles. The third-order valence-electron chi connectivity index (χ3n) is 5.12. The lowest BCUT2D eigenvalue weighted by atomic mass is 9.96. The van der Waals surface area contributed by atoms with Crippen molar-refractivity contribution >= 4 is 24.3 Å². The summed E-state index contributed by atoms with van der Waals surface area (Å²) in [5.74, 6) is -1.84. The number of benzene rings is 1. The molecule has 0 aliphatic carbocycles. The monoisotopic (exact) mass is 428 g/mol. The average Bonchev–Trinajstić information content (AvgIpc) is 2.83. The zero-order valence-electron chi connectivity index (χ0n) is 17.9. The van der Waals surface area contributed by atoms with Gasteiger partial charge in [-0.05, 0) is 37.1 Å². The quantitative estimate of drug-likeness (QED) is 0.536. The topological polar surface area (TPSA) is 55.3 Å². The summed E-state index contributed by atoms with van der Waals surface area (Å²) < 4.78 is 34.3. The van der Waals surface area contributed by atoms with Crippen molar-refractivity contribution in [2.24, 2.45) is 0 Å². The van der Waals surface area contributed by atoms with Crippen LogP contribution in [0.25, 0.3) is 24.3 Å². The smallest absolute Gasteiger partial charge is 0.169 e. The molecule has 0 saturated heterocycles. The van der Waals surface area contributed by atoms with Crippen LogP contribution in [0.1, 0.15) is 47.2 Å². The first kappa shape index (κ1) is 22.5. The SMILES string of the molecule is CC[n+]1ccc(/C=C/c2c(F)c(C#N)c(/C=C/c3cc[n+](CC)cc3)c(F)c2C#N)cc1. The molecule has 0 fully saturated rings. The van der Waals surface area contributed by atoms with E-state index in [0.717, 1.165) is 24.2 Å². The van der Waals surface area contributed by atoms with Crippen LogP contribution in [0.3, 0.4) is 0 Å². The highest BCUT2D eigenvalue weighted by Gasteiger charge is 2.22. The summed E-state index contributed by atoms with van der Waals surface area (Å²) in [6, 6.07) is 10.8. The van der Waals surface area contributed by atoms with Crippen LogP contribution in [0.4, 0.5) is 8.78 Å². The maximum Gasteiger partial charge on any atom is 0.169 e. The van der Waals surface area contributed by atoms with Crippen LogP contribution in [0.2, 0.25) is 0 Å². The van der Waals surface area contributed by atoms with Crippen LogP contribution in [-0.2, 0) is 13.1 Å². The van der Waals surface area contributed by atoms with Crippen molar-refractivity contribution in [3.63, 3.8) is 0 Å². The summed E-state index contributed by atoms with van der Waals surface area (Å²) in [6.07, 6.45) is 13.3. The number of rotatable bonds is 6. The van der Waals surface area contributed by atoms with E-state index in [9.17, 15) is 10.5 Å². The Morgan fingerprint density at radius 2 is 1.03 bits per heavy atom. The Morgan fingerprint density at radius 1 is 0.688 bits per heavy atom. The molecule has 0 aliphatic rings. The Balaban J connectivity index is 2.04. The maximum absolute atomic E-state index is 15.2. The van der Waals surface area contributed by atoms with Gasteiger partial charge in [-0.1, -0.05) is 12.2 Å². The van der Waals surface area contributed by atoms with Crippen LogP contribution >= 0.6 is 0 Å². The van der Waals surface area contributed by atoms with E-state index in [-0.39, 0.29) is 11.1 Å². The molecule has 4 nitrogen and oxygen atoms in total. The van der Waals surface area contributed by atoms with Crippen molar-refractivity contribution < 1.29 is 17.9 Å². The number of aryl methyl sites for hydroxylation is 2. The largest absolute Gasteiger partial charge is 0.205 e. The van der Waals surface area contributed by atoms with Crippen LogP contribution in [0, 0.1) is 34.3 Å². The van der Waals surface area contributed by atoms with Crippen molar-refractivity contribution in [2.45, 2.75) is 26.9 Å². The fraction of sp³-hybridized carbons (Fsp3) is 0.154. The van der Waals surface area contributed by atoms with Crippen LogP contribution in [0.5, 0.6) is 0 Å². The van der Waals surface area contributed by atoms with E-state index < -0.39 is 22.8 Å². The number of hydrogen-bond acceptors (Lipinski definition) is 2. The molecule has 0 N–H and O–H groups in total. The highest BCUT2D eigenvalue weighted by molar-refractivity contribution is 5.79. The van der Waals surface area contributed by atoms with E-state index in [4.69, 9.17) is 0 Å². The lowest BCUT2D eigenvalue weighted by molar-refractivity contribution is -0.693. The Bertz CT molecular complexity index is 1160. The fourth-order valence-corrected chi connectivity index (χ4v) is 3.20. The molecule has 2 aromatic heterocycles. The molecular formula is C26H22F2N4+2. The van der Waals surface area contributed by atoms with Gasteiger partial charge in [-0.2, -0.15) is 10.5 Å². The highest BCUT2D eigenvalue weighted by Crippen LogP contribution is 2.28. The molecule has 0 spiro atoms. The van der Waals surface area contributed by atoms with Gasteiger partial charge in [0.25, 0.3) is 0 Å². The van der Waals surface area contributed by atoms with Crippen molar-refractivity contribution in [1.82, 2.24) is 0 Å². The fourth-order valence-electron chi connectivity index (χ4n) is 3.20. The minimum Gasteiger partial charge on any atom is -0.205 e. The van der Waals surface area contributed by atoms with Gasteiger partial charge in [-0.3, -0.25) is 0 Å². The Hall–Kier alpha value is -4.16. The van der Waals surface area contributed by atoms with Gasteiger partial charge in [0.1, 0.15) is 36.9 Å². The zero-order valence-corrected chi connectivity index (χ0v) is 17.9. The summed E-state index contributed by atoms with van der Waals surface area (Å²) in [5, 5.41) is 19.0. The Labute approximate surface area is 186 Å². The molecule has 0 aliphatic heterocycles. The average molecular weight is 428 g/mol. The number of hydrogen-bond donors (Lipinski definition) is 0. The lowest BCUT2D eigenvalue weighted by Gasteiger charge is -2.09. The summed E-state index contributed by atoms with van der Waals surface area (Å²) in [4.78, 5) is 0. The predicted molar refractivity (Wildman–Crippen MR) is 118 cm³/mol. The molecule has 0 unspecified atom stereocenters. The first-order chi connectivity index (χ1) is 15.5. The number of pyridine rings is 2. The van der Waals surface area contributed by atoms with Gasteiger partial charge in [0, 0.05) is 35.4 Å². The maximum atomic E-state index is 15.2. The second-order valence-corrected chi connectivity index (χ2v) is 7.02. The number of aromatic nitrogens is 2. The van der Waals surface area contributed by atoms with Crippen LogP contribution in [0.15, 0.2) is 49.1 Å². The Kier molecular flexibility index (Phi) is 7.21. The molecule has 0 bridgehead atoms. The molecule has 0 atom stereocenters. The second kappa shape index (κ2) is 10.2. The van der Waals surface area contributed by atoms with Gasteiger partial charge >= 0.3 is 0 Å². The normalized spacial score (nSPS) is 11.1. The van der Waals surface area contributed by atoms with E-state index in [0.29, 0.717) is 0 Å². The molecule has 3 rings (SSSR count). The minimum absolute atomic E-state index is 0.241. The molecule has 32 heavy (non-hydrogen) atoms. The first-order valence-corrected chi connectivity index (χ1v) is 10.2. The highest BCUT2D eigenvalue weighted by atomic mass is 19.1. The van der Waals surface area contributed by atoms with Crippen molar-refractivity contribution in [3.8, 4) is 12.1 Å². The molecule has 3 aromatic rings. The molecule has 1 aromatic carbocycles. The molecule has 0 amide bonds. The van der Waals surface area contributed by atoms with Crippen molar-refractivity contribution in [3.05, 3.63) is 94.1 Å². The second-order valence-electron chi connectivity index (χ2n) is 7.02. The van der Waals surface area contributed by atoms with E-state index in [1.54, 1.807) is 24.3 Å². The lowest BCUT2D eigenvalue weighted by Crippen LogP contribution is -2.30. The molecule has 6 heteroatoms. The first-order valence-electron chi connectivity index (χ1n) is 10.2. The third kappa shape index (κ3) is 4.77. The van der Waals surface area contributed by atoms with Gasteiger partial charge < -0.3 is 0 Å². The summed E-state index contributed by atoms with van der Waals surface area (Å²) in [7, 11) is 0. The molecule has 0 saturated carbocycles. The molecule has 158 valence electrons. The minimum atomic E-state index is -0.919. The van der Waals surface area contributed by atoms with Crippen LogP contribution in [-0.4, -0.2) is 0 Å². The van der Waals surface area contributed by atoms with Crippen molar-refractivity contribution in [2.75, 3.05) is 0 Å². The van der Waals surface area contributed by atoms with E-state index in [1.807, 2.05) is 72.0 Å². The zero-order chi connectivity index (χ0) is 23.1. The Morgan fingerprint density at radius 3 is 1.31 bits per heavy atom. The number of nitriles is 2. The standard InChI is InChI=1S/C26H22F2N4/c1-3-31-13-9-19(10-14-31)5-7-21-23(17-29)26(28)22(24(18-30)25(21)27)8-6-20-11-15-32(4-2)16-12-20/h5-16H,3-4H2,1-2H3/q+2/b7-5+,8-6+. The molecule has 0 radical (unpaired) electrons. The van der Waals surface area contributed by atoms with Crippen molar-refractivity contribution in [1.29, 1.82) is 10.5 Å². The third-order valence-corrected chi connectivity index (χ3v) is 5.12. The number of nitrogens with zero attached hydrogens (tertiary/aromatic N) is 4.